The average Bonchev–Trinajstić information content (AvgIpc) is 3.52. The Kier molecular flexibility index (Phi) is 7.39. The number of piperazine rings is 1. The van der Waals surface area contributed by atoms with Gasteiger partial charge < -0.3 is 24.5 Å². The fourth-order valence-electron chi connectivity index (χ4n) is 7.70. The fourth-order valence-corrected chi connectivity index (χ4v) is 7.98. The lowest BCUT2D eigenvalue weighted by Crippen LogP contribution is -2.57. The van der Waals surface area contributed by atoms with E-state index in [4.69, 9.17) is 26.3 Å². The van der Waals surface area contributed by atoms with Crippen molar-refractivity contribution in [3.63, 3.8) is 0 Å². The van der Waals surface area contributed by atoms with Crippen LogP contribution in [0.5, 0.6) is 6.01 Å². The van der Waals surface area contributed by atoms with Crippen LogP contribution in [-0.4, -0.2) is 88.9 Å². The number of carbonyl (C=O) groups is 1. The van der Waals surface area contributed by atoms with Crippen molar-refractivity contribution in [2.75, 3.05) is 49.6 Å². The van der Waals surface area contributed by atoms with E-state index in [0.717, 1.165) is 70.9 Å². The van der Waals surface area contributed by atoms with Gasteiger partial charge in [0.1, 0.15) is 12.4 Å². The summed E-state index contributed by atoms with van der Waals surface area (Å²) in [4.78, 5) is 30.6. The van der Waals surface area contributed by atoms with Crippen LogP contribution in [-0.2, 0) is 13.0 Å². The van der Waals surface area contributed by atoms with E-state index in [0.29, 0.717) is 51.1 Å². The van der Waals surface area contributed by atoms with Crippen molar-refractivity contribution >= 4 is 40.0 Å². The molecule has 0 saturated carbocycles. The number of hydrogen-bond acceptors (Lipinski definition) is 8. The third kappa shape index (κ3) is 5.08. The number of benzene rings is 2. The van der Waals surface area contributed by atoms with Gasteiger partial charge in [-0.05, 0) is 62.7 Å². The van der Waals surface area contributed by atoms with Crippen molar-refractivity contribution in [1.82, 2.24) is 19.8 Å². The summed E-state index contributed by atoms with van der Waals surface area (Å²) in [7, 11) is 2.13. The molecule has 0 spiro atoms. The lowest BCUT2D eigenvalue weighted by atomic mass is 9.97. The molecule has 1 amide bonds. The molecule has 3 saturated heterocycles. The zero-order chi connectivity index (χ0) is 29.7. The van der Waals surface area contributed by atoms with Crippen LogP contribution in [0.1, 0.15) is 36.9 Å². The van der Waals surface area contributed by atoms with Gasteiger partial charge in [0.25, 0.3) is 0 Å². The molecule has 4 aliphatic heterocycles. The predicted octanol–water partition coefficient (Wildman–Crippen LogP) is 4.79. The number of aromatic nitrogens is 2. The van der Waals surface area contributed by atoms with Gasteiger partial charge >= 0.3 is 12.1 Å². The first-order valence-corrected chi connectivity index (χ1v) is 15.6. The normalized spacial score (nSPS) is 25.2. The summed E-state index contributed by atoms with van der Waals surface area (Å²) in [5, 5.41) is 22.3. The van der Waals surface area contributed by atoms with E-state index >= 15 is 0 Å². The maximum atomic E-state index is 12.2. The maximum absolute atomic E-state index is 12.2. The van der Waals surface area contributed by atoms with Gasteiger partial charge in [0.15, 0.2) is 0 Å². The van der Waals surface area contributed by atoms with Crippen LogP contribution in [0.4, 0.5) is 16.3 Å². The quantitative estimate of drug-likeness (QED) is 0.426. The monoisotopic (exact) mass is 601 g/mol. The molecular weight excluding hydrogens is 566 g/mol. The summed E-state index contributed by atoms with van der Waals surface area (Å²) in [6, 6.07) is 14.8. The number of likely N-dealkylation sites (N-methyl/N-ethyl adjacent to an activating group) is 1. The highest BCUT2D eigenvalue weighted by atomic mass is 35.5. The van der Waals surface area contributed by atoms with Crippen LogP contribution < -0.4 is 14.5 Å². The Morgan fingerprint density at radius 2 is 2.00 bits per heavy atom. The number of likely N-dealkylation sites (tertiary alicyclic amines) is 1. The largest absolute Gasteiger partial charge is 0.465 e. The van der Waals surface area contributed by atoms with Crippen molar-refractivity contribution in [3.8, 4) is 12.1 Å². The number of hydrogen-bond donors (Lipinski definition) is 1. The molecule has 1 aromatic heterocycles. The molecule has 4 aliphatic rings. The Bertz CT molecular complexity index is 1590. The van der Waals surface area contributed by atoms with Crippen LogP contribution in [0.2, 0.25) is 5.02 Å². The topological polar surface area (TPSA) is 109 Å². The zero-order valence-corrected chi connectivity index (χ0v) is 25.1. The van der Waals surface area contributed by atoms with E-state index in [1.807, 2.05) is 12.1 Å². The molecule has 7 rings (SSSR count). The molecule has 4 atom stereocenters. The molecule has 0 aliphatic carbocycles. The maximum Gasteiger partial charge on any atom is 0.407 e. The number of nitriles is 1. The number of fused-ring (bicyclic) bond motifs is 4. The molecule has 2 bridgehead atoms. The first-order valence-electron chi connectivity index (χ1n) is 15.2. The number of anilines is 2. The third-order valence-electron chi connectivity index (χ3n) is 9.85. The molecule has 10 nitrogen and oxygen atoms in total. The molecule has 43 heavy (non-hydrogen) atoms. The first kappa shape index (κ1) is 28.0. The number of carboxylic acid groups (broad SMARTS) is 1. The van der Waals surface area contributed by atoms with Crippen molar-refractivity contribution in [1.29, 1.82) is 5.26 Å². The standard InChI is InChI=1S/C32H36ClN7O3/c1-37-13-4-7-22(37)19-43-31-35-26-17-38(27-9-3-6-20-5-2-8-25(33)29(20)27)14-11-24(26)30(36-31)39-16-23-15-21(10-12-34)28(18-39)40(23)32(41)42/h2-3,5-6,8-9,21-23,28H,4,7,10-11,13-19H2,1H3,(H,41,42)/t21?,22?,23-,28-/m1/s1. The summed E-state index contributed by atoms with van der Waals surface area (Å²) in [5.41, 5.74) is 3.10. The zero-order valence-electron chi connectivity index (χ0n) is 24.3. The Balaban J connectivity index is 1.24. The Morgan fingerprint density at radius 3 is 2.77 bits per heavy atom. The van der Waals surface area contributed by atoms with Crippen molar-refractivity contribution in [2.24, 2.45) is 5.92 Å². The Morgan fingerprint density at radius 1 is 1.16 bits per heavy atom. The van der Waals surface area contributed by atoms with E-state index in [1.54, 1.807) is 4.90 Å². The van der Waals surface area contributed by atoms with E-state index in [1.165, 1.54) is 0 Å². The molecule has 2 unspecified atom stereocenters. The second kappa shape index (κ2) is 11.4. The average molecular weight is 602 g/mol. The molecule has 0 radical (unpaired) electrons. The van der Waals surface area contributed by atoms with Gasteiger partial charge in [0.2, 0.25) is 0 Å². The first-order chi connectivity index (χ1) is 20.9. The minimum Gasteiger partial charge on any atom is -0.465 e. The van der Waals surface area contributed by atoms with Gasteiger partial charge in [-0.15, -0.1) is 0 Å². The third-order valence-corrected chi connectivity index (χ3v) is 10.2. The van der Waals surface area contributed by atoms with Crippen LogP contribution in [0, 0.1) is 17.2 Å². The summed E-state index contributed by atoms with van der Waals surface area (Å²) in [6.45, 7) is 4.01. The van der Waals surface area contributed by atoms with Crippen LogP contribution in [0.15, 0.2) is 36.4 Å². The highest BCUT2D eigenvalue weighted by Gasteiger charge is 2.49. The van der Waals surface area contributed by atoms with Gasteiger partial charge in [0.05, 0.1) is 35.4 Å². The molecule has 5 heterocycles. The molecular formula is C32H36ClN7O3. The highest BCUT2D eigenvalue weighted by molar-refractivity contribution is 6.36. The summed E-state index contributed by atoms with van der Waals surface area (Å²) in [6.07, 6.45) is 3.13. The minimum atomic E-state index is -0.908. The molecule has 11 heteroatoms. The highest BCUT2D eigenvalue weighted by Crippen LogP contribution is 2.41. The van der Waals surface area contributed by atoms with E-state index in [9.17, 15) is 15.2 Å². The molecule has 1 N–H and O–H groups in total. The van der Waals surface area contributed by atoms with Gasteiger partial charge in [-0.25, -0.2) is 4.79 Å². The van der Waals surface area contributed by atoms with Gasteiger partial charge in [-0.1, -0.05) is 35.9 Å². The number of amides is 1. The number of halogens is 1. The van der Waals surface area contributed by atoms with Crippen molar-refractivity contribution in [2.45, 2.75) is 56.8 Å². The second-order valence-electron chi connectivity index (χ2n) is 12.3. The fraction of sp³-hybridized carbons (Fsp3) is 0.500. The molecule has 224 valence electrons. The lowest BCUT2D eigenvalue weighted by molar-refractivity contribution is 0.110. The van der Waals surface area contributed by atoms with E-state index in [2.05, 4.69) is 52.1 Å². The second-order valence-corrected chi connectivity index (χ2v) is 12.7. The van der Waals surface area contributed by atoms with Crippen LogP contribution >= 0.6 is 11.6 Å². The number of nitrogens with zero attached hydrogens (tertiary/aromatic N) is 7. The molecule has 3 aromatic rings. The summed E-state index contributed by atoms with van der Waals surface area (Å²) >= 11 is 6.70. The minimum absolute atomic E-state index is 0.0222. The SMILES string of the molecule is CN1CCCC1COc1nc2c(c(N3C[C@H]4CC(CC#N)[C@@H](C3)N4C(=O)O)n1)CCN(c1cccc3cccc(Cl)c13)C2. The lowest BCUT2D eigenvalue weighted by Gasteiger charge is -2.42. The molecule has 3 fully saturated rings. The Hall–Kier alpha value is -3.81. The van der Waals surface area contributed by atoms with E-state index < -0.39 is 6.09 Å². The van der Waals surface area contributed by atoms with Gasteiger partial charge in [-0.3, -0.25) is 4.90 Å². The van der Waals surface area contributed by atoms with Crippen molar-refractivity contribution < 1.29 is 14.6 Å². The smallest absolute Gasteiger partial charge is 0.407 e. The number of ether oxygens (including phenoxy) is 1. The van der Waals surface area contributed by atoms with Gasteiger partial charge in [0, 0.05) is 48.7 Å². The summed E-state index contributed by atoms with van der Waals surface area (Å²) < 4.78 is 6.30. The molecule has 2 aromatic carbocycles. The van der Waals surface area contributed by atoms with Crippen LogP contribution in [0.3, 0.4) is 0 Å². The Labute approximate surface area is 256 Å². The predicted molar refractivity (Wildman–Crippen MR) is 165 cm³/mol. The van der Waals surface area contributed by atoms with Crippen molar-refractivity contribution in [3.05, 3.63) is 52.7 Å². The van der Waals surface area contributed by atoms with E-state index in [-0.39, 0.29) is 18.0 Å². The van der Waals surface area contributed by atoms with Gasteiger partial charge in [-0.2, -0.15) is 15.2 Å². The van der Waals surface area contributed by atoms with Crippen LogP contribution in [0.25, 0.3) is 10.8 Å². The number of rotatable bonds is 6. The summed E-state index contributed by atoms with van der Waals surface area (Å²) in [5.74, 6) is 0.863.